The maximum absolute atomic E-state index is 12.0. The Morgan fingerprint density at radius 3 is 2.73 bits per heavy atom. The molecule has 2 heterocycles. The van der Waals surface area contributed by atoms with Crippen LogP contribution in [0.5, 0.6) is 0 Å². The lowest BCUT2D eigenvalue weighted by Crippen LogP contribution is -2.25. The van der Waals surface area contributed by atoms with Gasteiger partial charge in [0, 0.05) is 12.7 Å². The molecule has 1 aliphatic rings. The summed E-state index contributed by atoms with van der Waals surface area (Å²) in [4.78, 5) is 36.4. The Morgan fingerprint density at radius 1 is 1.27 bits per heavy atom. The molecular formula is C15H13N3O4. The molecule has 0 aliphatic carbocycles. The number of nitrogens with zero attached hydrogens (tertiary/aromatic N) is 1. The van der Waals surface area contributed by atoms with E-state index in [0.717, 1.165) is 4.90 Å². The van der Waals surface area contributed by atoms with Crippen molar-refractivity contribution in [1.82, 2.24) is 10.2 Å². The summed E-state index contributed by atoms with van der Waals surface area (Å²) < 4.78 is 5.01. The van der Waals surface area contributed by atoms with Crippen LogP contribution in [0, 0.1) is 0 Å². The van der Waals surface area contributed by atoms with Gasteiger partial charge in [0.1, 0.15) is 6.04 Å². The molecule has 7 heteroatoms. The van der Waals surface area contributed by atoms with Crippen LogP contribution in [0.3, 0.4) is 0 Å². The van der Waals surface area contributed by atoms with Gasteiger partial charge in [0.25, 0.3) is 11.8 Å². The predicted molar refractivity (Wildman–Crippen MR) is 77.1 cm³/mol. The number of carbonyl (C=O) groups is 3. The maximum Gasteiger partial charge on any atom is 0.324 e. The van der Waals surface area contributed by atoms with Crippen molar-refractivity contribution in [3.63, 3.8) is 0 Å². The smallest absolute Gasteiger partial charge is 0.324 e. The number of hydrogen-bond donors (Lipinski definition) is 2. The molecule has 2 aromatic rings. The summed E-state index contributed by atoms with van der Waals surface area (Å²) in [6.45, 7) is 0. The quantitative estimate of drug-likeness (QED) is 0.845. The average Bonchev–Trinajstić information content (AvgIpc) is 3.13. The summed E-state index contributed by atoms with van der Waals surface area (Å²) in [7, 11) is 1.42. The van der Waals surface area contributed by atoms with Crippen molar-refractivity contribution in [2.75, 3.05) is 12.4 Å². The minimum absolute atomic E-state index is 0.190. The fourth-order valence-corrected chi connectivity index (χ4v) is 2.20. The summed E-state index contributed by atoms with van der Waals surface area (Å²) >= 11 is 0. The molecule has 4 amide bonds. The van der Waals surface area contributed by atoms with Crippen LogP contribution in [0.4, 0.5) is 10.5 Å². The van der Waals surface area contributed by atoms with Crippen LogP contribution in [-0.4, -0.2) is 29.8 Å². The van der Waals surface area contributed by atoms with Gasteiger partial charge >= 0.3 is 6.03 Å². The molecule has 7 nitrogen and oxygen atoms in total. The topological polar surface area (TPSA) is 91.7 Å². The van der Waals surface area contributed by atoms with Crippen LogP contribution in [0.2, 0.25) is 0 Å². The number of imide groups is 1. The molecular weight excluding hydrogens is 286 g/mol. The Labute approximate surface area is 125 Å². The van der Waals surface area contributed by atoms with E-state index in [9.17, 15) is 14.4 Å². The number of nitrogens with one attached hydrogen (secondary N) is 2. The highest BCUT2D eigenvalue weighted by atomic mass is 16.3. The van der Waals surface area contributed by atoms with Crippen LogP contribution in [-0.2, 0) is 4.79 Å². The third-order valence-electron chi connectivity index (χ3n) is 3.37. The van der Waals surface area contributed by atoms with E-state index in [2.05, 4.69) is 10.6 Å². The van der Waals surface area contributed by atoms with E-state index in [4.69, 9.17) is 4.42 Å². The lowest BCUT2D eigenvalue weighted by atomic mass is 10.1. The van der Waals surface area contributed by atoms with Gasteiger partial charge in [-0.2, -0.15) is 0 Å². The number of rotatable bonds is 3. The first kappa shape index (κ1) is 13.9. The second kappa shape index (κ2) is 5.36. The molecule has 1 unspecified atom stereocenters. The number of urea groups is 1. The van der Waals surface area contributed by atoms with Gasteiger partial charge in [-0.3, -0.25) is 14.5 Å². The molecule has 3 rings (SSSR count). The zero-order valence-corrected chi connectivity index (χ0v) is 11.7. The average molecular weight is 299 g/mol. The van der Waals surface area contributed by atoms with Gasteiger partial charge in [-0.1, -0.05) is 12.1 Å². The SMILES string of the molecule is CN1C(=O)NC(c2cccc(NC(=O)c3ccco3)c2)C1=O. The summed E-state index contributed by atoms with van der Waals surface area (Å²) in [6.07, 6.45) is 1.41. The van der Waals surface area contributed by atoms with Crippen molar-refractivity contribution in [2.45, 2.75) is 6.04 Å². The number of furan rings is 1. The van der Waals surface area contributed by atoms with E-state index in [-0.39, 0.29) is 17.6 Å². The van der Waals surface area contributed by atoms with Crippen molar-refractivity contribution in [1.29, 1.82) is 0 Å². The Bertz CT molecular complexity index is 739. The first-order valence-corrected chi connectivity index (χ1v) is 6.59. The van der Waals surface area contributed by atoms with Gasteiger partial charge in [0.05, 0.1) is 6.26 Å². The van der Waals surface area contributed by atoms with Gasteiger partial charge < -0.3 is 15.1 Å². The summed E-state index contributed by atoms with van der Waals surface area (Å²) in [5.74, 6) is -0.532. The maximum atomic E-state index is 12.0. The molecule has 2 N–H and O–H groups in total. The molecule has 1 aliphatic heterocycles. The van der Waals surface area contributed by atoms with Crippen molar-refractivity contribution < 1.29 is 18.8 Å². The highest BCUT2D eigenvalue weighted by Gasteiger charge is 2.36. The van der Waals surface area contributed by atoms with E-state index in [1.807, 2.05) is 0 Å². The van der Waals surface area contributed by atoms with E-state index < -0.39 is 12.1 Å². The minimum Gasteiger partial charge on any atom is -0.459 e. The second-order valence-electron chi connectivity index (χ2n) is 4.84. The Morgan fingerprint density at radius 2 is 2.09 bits per heavy atom. The highest BCUT2D eigenvalue weighted by molar-refractivity contribution is 6.05. The highest BCUT2D eigenvalue weighted by Crippen LogP contribution is 2.23. The zero-order chi connectivity index (χ0) is 15.7. The number of anilines is 1. The van der Waals surface area contributed by atoms with Crippen LogP contribution in [0.25, 0.3) is 0 Å². The number of amides is 4. The summed E-state index contributed by atoms with van der Waals surface area (Å²) in [6, 6.07) is 8.73. The molecule has 1 fully saturated rings. The van der Waals surface area contributed by atoms with E-state index in [1.165, 1.54) is 13.3 Å². The van der Waals surface area contributed by atoms with Crippen LogP contribution >= 0.6 is 0 Å². The Balaban J connectivity index is 1.80. The minimum atomic E-state index is -0.738. The molecule has 0 radical (unpaired) electrons. The van der Waals surface area contributed by atoms with Crippen LogP contribution < -0.4 is 10.6 Å². The molecule has 1 aromatic heterocycles. The third kappa shape index (κ3) is 2.44. The van der Waals surface area contributed by atoms with E-state index in [1.54, 1.807) is 36.4 Å². The van der Waals surface area contributed by atoms with Gasteiger partial charge in [0.2, 0.25) is 0 Å². The first-order valence-electron chi connectivity index (χ1n) is 6.59. The fraction of sp³-hybridized carbons (Fsp3) is 0.133. The largest absolute Gasteiger partial charge is 0.459 e. The summed E-state index contributed by atoms with van der Waals surface area (Å²) in [5, 5.41) is 5.26. The van der Waals surface area contributed by atoms with Gasteiger partial charge in [-0.05, 0) is 29.8 Å². The number of benzene rings is 1. The number of hydrogen-bond acceptors (Lipinski definition) is 4. The van der Waals surface area contributed by atoms with Crippen LogP contribution in [0.1, 0.15) is 22.2 Å². The molecule has 0 spiro atoms. The second-order valence-corrected chi connectivity index (χ2v) is 4.84. The molecule has 0 bridgehead atoms. The van der Waals surface area contributed by atoms with E-state index in [0.29, 0.717) is 11.3 Å². The zero-order valence-electron chi connectivity index (χ0n) is 11.7. The lowest BCUT2D eigenvalue weighted by molar-refractivity contribution is -0.126. The fourth-order valence-electron chi connectivity index (χ4n) is 2.20. The molecule has 1 saturated heterocycles. The van der Waals surface area contributed by atoms with Crippen LogP contribution in [0.15, 0.2) is 47.1 Å². The molecule has 22 heavy (non-hydrogen) atoms. The normalized spacial score (nSPS) is 17.5. The van der Waals surface area contributed by atoms with Gasteiger partial charge in [-0.25, -0.2) is 4.79 Å². The Hall–Kier alpha value is -3.09. The molecule has 1 atom stereocenters. The van der Waals surface area contributed by atoms with Gasteiger partial charge in [-0.15, -0.1) is 0 Å². The monoisotopic (exact) mass is 299 g/mol. The lowest BCUT2D eigenvalue weighted by Gasteiger charge is -2.10. The van der Waals surface area contributed by atoms with Crippen molar-refractivity contribution in [3.8, 4) is 0 Å². The predicted octanol–water partition coefficient (Wildman–Crippen LogP) is 1.75. The van der Waals surface area contributed by atoms with Gasteiger partial charge in [0.15, 0.2) is 5.76 Å². The molecule has 112 valence electrons. The van der Waals surface area contributed by atoms with Crippen molar-refractivity contribution in [3.05, 3.63) is 54.0 Å². The number of carbonyl (C=O) groups excluding carboxylic acids is 3. The van der Waals surface area contributed by atoms with Crippen molar-refractivity contribution in [2.24, 2.45) is 0 Å². The number of likely N-dealkylation sites (N-methyl/N-ethyl adjacent to an activating group) is 1. The molecule has 0 saturated carbocycles. The van der Waals surface area contributed by atoms with E-state index >= 15 is 0 Å². The van der Waals surface area contributed by atoms with Crippen molar-refractivity contribution >= 4 is 23.5 Å². The third-order valence-corrected chi connectivity index (χ3v) is 3.37. The standard InChI is InChI=1S/C15H13N3O4/c1-18-14(20)12(17-15(18)21)9-4-2-5-10(8-9)16-13(19)11-6-3-7-22-11/h2-8,12H,1H3,(H,16,19)(H,17,21). The summed E-state index contributed by atoms with van der Waals surface area (Å²) in [5.41, 5.74) is 1.11. The molecule has 1 aromatic carbocycles. The first-order chi connectivity index (χ1) is 10.6. The Kier molecular flexibility index (Phi) is 3.38.